The minimum Gasteiger partial charge on any atom is -0.495 e. The summed E-state index contributed by atoms with van der Waals surface area (Å²) in [5.74, 6) is 1.82. The van der Waals surface area contributed by atoms with Crippen LogP contribution in [0.2, 0.25) is 0 Å². The molecule has 0 saturated carbocycles. The lowest BCUT2D eigenvalue weighted by Crippen LogP contribution is -2.41. The van der Waals surface area contributed by atoms with Crippen LogP contribution in [0.4, 0.5) is 0 Å². The summed E-state index contributed by atoms with van der Waals surface area (Å²) < 4.78 is 11.6. The molecule has 1 unspecified atom stereocenters. The summed E-state index contributed by atoms with van der Waals surface area (Å²) >= 11 is 3.52. The molecule has 18 heavy (non-hydrogen) atoms. The SMILES string of the molecule is CCC(N)(c1ccc(OC)c(Br)c1OC)C(C)C. The van der Waals surface area contributed by atoms with Gasteiger partial charge in [-0.3, -0.25) is 0 Å². The third-order valence-electron chi connectivity index (χ3n) is 3.60. The van der Waals surface area contributed by atoms with Gasteiger partial charge in [-0.15, -0.1) is 0 Å². The highest BCUT2D eigenvalue weighted by atomic mass is 79.9. The van der Waals surface area contributed by atoms with Gasteiger partial charge >= 0.3 is 0 Å². The molecule has 1 atom stereocenters. The van der Waals surface area contributed by atoms with Crippen LogP contribution in [0.3, 0.4) is 0 Å². The molecule has 1 aromatic carbocycles. The van der Waals surface area contributed by atoms with Crippen LogP contribution in [0.1, 0.15) is 32.8 Å². The summed E-state index contributed by atoms with van der Waals surface area (Å²) in [4.78, 5) is 0. The van der Waals surface area contributed by atoms with Gasteiger partial charge in [0.15, 0.2) is 0 Å². The van der Waals surface area contributed by atoms with Gasteiger partial charge in [0, 0.05) is 11.1 Å². The van der Waals surface area contributed by atoms with Crippen LogP contribution in [-0.4, -0.2) is 14.2 Å². The van der Waals surface area contributed by atoms with E-state index in [0.717, 1.165) is 28.0 Å². The zero-order chi connectivity index (χ0) is 13.9. The standard InChI is InChI=1S/C14H22BrNO2/c1-6-14(16,9(2)3)10-7-8-11(17-4)12(15)13(10)18-5/h7-9H,6,16H2,1-5H3. The van der Waals surface area contributed by atoms with Crippen molar-refractivity contribution in [1.82, 2.24) is 0 Å². The summed E-state index contributed by atoms with van der Waals surface area (Å²) in [5.41, 5.74) is 7.16. The van der Waals surface area contributed by atoms with Crippen LogP contribution < -0.4 is 15.2 Å². The molecule has 4 heteroatoms. The van der Waals surface area contributed by atoms with Crippen LogP contribution in [-0.2, 0) is 5.54 Å². The minimum absolute atomic E-state index is 0.316. The van der Waals surface area contributed by atoms with Crippen molar-refractivity contribution in [1.29, 1.82) is 0 Å². The lowest BCUT2D eigenvalue weighted by atomic mass is 9.78. The van der Waals surface area contributed by atoms with E-state index in [4.69, 9.17) is 15.2 Å². The molecule has 1 rings (SSSR count). The van der Waals surface area contributed by atoms with E-state index < -0.39 is 5.54 Å². The molecular weight excluding hydrogens is 294 g/mol. The number of hydrogen-bond acceptors (Lipinski definition) is 3. The van der Waals surface area contributed by atoms with E-state index in [1.165, 1.54) is 0 Å². The van der Waals surface area contributed by atoms with Crippen molar-refractivity contribution in [3.05, 3.63) is 22.2 Å². The number of benzene rings is 1. The van der Waals surface area contributed by atoms with Crippen LogP contribution in [0.25, 0.3) is 0 Å². The molecule has 0 fully saturated rings. The Hall–Kier alpha value is -0.740. The van der Waals surface area contributed by atoms with E-state index in [1.54, 1.807) is 14.2 Å². The first-order valence-electron chi connectivity index (χ1n) is 6.12. The van der Waals surface area contributed by atoms with Crippen molar-refractivity contribution in [2.45, 2.75) is 32.7 Å². The second-order valence-corrected chi connectivity index (χ2v) is 5.50. The zero-order valence-corrected chi connectivity index (χ0v) is 13.3. The fraction of sp³-hybridized carbons (Fsp3) is 0.571. The topological polar surface area (TPSA) is 44.5 Å². The molecule has 0 bridgehead atoms. The van der Waals surface area contributed by atoms with Crippen LogP contribution in [0, 0.1) is 5.92 Å². The van der Waals surface area contributed by atoms with Crippen LogP contribution in [0.5, 0.6) is 11.5 Å². The molecule has 0 aliphatic carbocycles. The van der Waals surface area contributed by atoms with Crippen molar-refractivity contribution in [2.75, 3.05) is 14.2 Å². The van der Waals surface area contributed by atoms with E-state index in [-0.39, 0.29) is 0 Å². The predicted molar refractivity (Wildman–Crippen MR) is 78.2 cm³/mol. The maximum atomic E-state index is 6.56. The van der Waals surface area contributed by atoms with E-state index in [9.17, 15) is 0 Å². The highest BCUT2D eigenvalue weighted by molar-refractivity contribution is 9.10. The summed E-state index contributed by atoms with van der Waals surface area (Å²) in [6.07, 6.45) is 0.847. The molecule has 0 aromatic heterocycles. The first-order valence-corrected chi connectivity index (χ1v) is 6.91. The van der Waals surface area contributed by atoms with Gasteiger partial charge in [-0.2, -0.15) is 0 Å². The first-order chi connectivity index (χ1) is 8.42. The molecule has 3 nitrogen and oxygen atoms in total. The largest absolute Gasteiger partial charge is 0.495 e. The molecular formula is C14H22BrNO2. The normalized spacial score (nSPS) is 14.4. The Morgan fingerprint density at radius 3 is 2.28 bits per heavy atom. The molecule has 102 valence electrons. The lowest BCUT2D eigenvalue weighted by Gasteiger charge is -2.34. The number of methoxy groups -OCH3 is 2. The minimum atomic E-state index is -0.403. The zero-order valence-electron chi connectivity index (χ0n) is 11.7. The molecule has 0 heterocycles. The van der Waals surface area contributed by atoms with E-state index in [1.807, 2.05) is 12.1 Å². The number of halogens is 1. The maximum absolute atomic E-state index is 6.56. The lowest BCUT2D eigenvalue weighted by molar-refractivity contribution is 0.288. The summed E-state index contributed by atoms with van der Waals surface area (Å²) in [5, 5.41) is 0. The summed E-state index contributed by atoms with van der Waals surface area (Å²) in [6.45, 7) is 6.35. The summed E-state index contributed by atoms with van der Waals surface area (Å²) in [7, 11) is 3.29. The van der Waals surface area contributed by atoms with Crippen LogP contribution >= 0.6 is 15.9 Å². The number of hydrogen-bond donors (Lipinski definition) is 1. The van der Waals surface area contributed by atoms with Gasteiger partial charge in [-0.1, -0.05) is 20.8 Å². The molecule has 0 aliphatic rings. The fourth-order valence-electron chi connectivity index (χ4n) is 2.17. The predicted octanol–water partition coefficient (Wildman–Crippen LogP) is 3.69. The molecule has 0 radical (unpaired) electrons. The highest BCUT2D eigenvalue weighted by Gasteiger charge is 2.33. The van der Waals surface area contributed by atoms with Gasteiger partial charge in [0.1, 0.15) is 16.0 Å². The Morgan fingerprint density at radius 2 is 1.89 bits per heavy atom. The van der Waals surface area contributed by atoms with Crippen LogP contribution in [0.15, 0.2) is 16.6 Å². The number of rotatable bonds is 5. The van der Waals surface area contributed by atoms with Crippen molar-refractivity contribution in [3.63, 3.8) is 0 Å². The van der Waals surface area contributed by atoms with Gasteiger partial charge in [0.05, 0.1) is 14.2 Å². The van der Waals surface area contributed by atoms with Crippen molar-refractivity contribution >= 4 is 15.9 Å². The van der Waals surface area contributed by atoms with Gasteiger partial charge < -0.3 is 15.2 Å². The average Bonchev–Trinajstić information content (AvgIpc) is 2.37. The third kappa shape index (κ3) is 2.50. The van der Waals surface area contributed by atoms with Gasteiger partial charge in [-0.05, 0) is 40.4 Å². The quantitative estimate of drug-likeness (QED) is 0.901. The van der Waals surface area contributed by atoms with E-state index >= 15 is 0 Å². The van der Waals surface area contributed by atoms with Gasteiger partial charge in [0.2, 0.25) is 0 Å². The Morgan fingerprint density at radius 1 is 1.28 bits per heavy atom. The third-order valence-corrected chi connectivity index (χ3v) is 4.35. The van der Waals surface area contributed by atoms with Crippen molar-refractivity contribution in [3.8, 4) is 11.5 Å². The maximum Gasteiger partial charge on any atom is 0.141 e. The van der Waals surface area contributed by atoms with Gasteiger partial charge in [-0.25, -0.2) is 0 Å². The molecule has 0 amide bonds. The van der Waals surface area contributed by atoms with E-state index in [0.29, 0.717) is 5.92 Å². The van der Waals surface area contributed by atoms with E-state index in [2.05, 4.69) is 36.7 Å². The van der Waals surface area contributed by atoms with Gasteiger partial charge in [0.25, 0.3) is 0 Å². The summed E-state index contributed by atoms with van der Waals surface area (Å²) in [6, 6.07) is 3.91. The highest BCUT2D eigenvalue weighted by Crippen LogP contribution is 2.43. The number of ether oxygens (including phenoxy) is 2. The average molecular weight is 316 g/mol. The first kappa shape index (κ1) is 15.3. The Kier molecular flexibility index (Phi) is 5.05. The molecule has 1 aromatic rings. The molecule has 0 spiro atoms. The Labute approximate surface area is 118 Å². The van der Waals surface area contributed by atoms with Crippen molar-refractivity contribution < 1.29 is 9.47 Å². The second kappa shape index (κ2) is 5.93. The molecule has 0 aliphatic heterocycles. The Balaban J connectivity index is 3.45. The molecule has 0 saturated heterocycles. The second-order valence-electron chi connectivity index (χ2n) is 4.71. The molecule has 2 N–H and O–H groups in total. The van der Waals surface area contributed by atoms with Crippen molar-refractivity contribution in [2.24, 2.45) is 11.7 Å². The Bertz CT molecular complexity index is 421. The fourth-order valence-corrected chi connectivity index (χ4v) is 2.84. The monoisotopic (exact) mass is 315 g/mol. The number of nitrogens with two attached hydrogens (primary N) is 1. The smallest absolute Gasteiger partial charge is 0.141 e.